The highest BCUT2D eigenvalue weighted by Crippen LogP contribution is 2.10. The van der Waals surface area contributed by atoms with E-state index in [-0.39, 0.29) is 5.91 Å². The van der Waals surface area contributed by atoms with Gasteiger partial charge >= 0.3 is 0 Å². The maximum absolute atomic E-state index is 11.8. The highest BCUT2D eigenvalue weighted by Gasteiger charge is 2.04. The van der Waals surface area contributed by atoms with Gasteiger partial charge in [-0.1, -0.05) is 35.5 Å². The minimum atomic E-state index is -0.154. The van der Waals surface area contributed by atoms with Gasteiger partial charge in [0.2, 0.25) is 0 Å². The summed E-state index contributed by atoms with van der Waals surface area (Å²) in [5, 5.41) is 14.1. The Morgan fingerprint density at radius 1 is 1.06 bits per heavy atom. The summed E-state index contributed by atoms with van der Waals surface area (Å²) in [7, 11) is 0. The fourth-order valence-corrected chi connectivity index (χ4v) is 1.51. The van der Waals surface area contributed by atoms with E-state index in [1.807, 2.05) is 18.2 Å². The molecule has 0 saturated carbocycles. The summed E-state index contributed by atoms with van der Waals surface area (Å²) >= 11 is 0. The Bertz CT molecular complexity index is 548. The Labute approximate surface area is 105 Å². The van der Waals surface area contributed by atoms with Crippen molar-refractivity contribution < 1.29 is 10.0 Å². The molecule has 0 radical (unpaired) electrons. The smallest absolute Gasteiger partial charge is 0.255 e. The number of hydrogen-bond acceptors (Lipinski definition) is 3. The van der Waals surface area contributed by atoms with Crippen molar-refractivity contribution in [2.24, 2.45) is 5.16 Å². The Morgan fingerprint density at radius 3 is 2.33 bits per heavy atom. The van der Waals surface area contributed by atoms with Crippen molar-refractivity contribution in [3.05, 3.63) is 65.7 Å². The normalized spacial score (nSPS) is 10.4. The number of rotatable bonds is 3. The van der Waals surface area contributed by atoms with Crippen LogP contribution in [0, 0.1) is 0 Å². The third kappa shape index (κ3) is 2.95. The summed E-state index contributed by atoms with van der Waals surface area (Å²) in [4.78, 5) is 11.8. The van der Waals surface area contributed by atoms with E-state index in [9.17, 15) is 4.79 Å². The van der Waals surface area contributed by atoms with E-state index < -0.39 is 0 Å². The van der Waals surface area contributed by atoms with Crippen LogP contribution in [-0.2, 0) is 0 Å². The second kappa shape index (κ2) is 5.63. The molecule has 90 valence electrons. The van der Waals surface area contributed by atoms with Gasteiger partial charge < -0.3 is 10.5 Å². The molecule has 0 aliphatic carbocycles. The van der Waals surface area contributed by atoms with Crippen LogP contribution in [-0.4, -0.2) is 17.3 Å². The number of hydrogen-bond donors (Lipinski definition) is 2. The Morgan fingerprint density at radius 2 is 1.72 bits per heavy atom. The van der Waals surface area contributed by atoms with Crippen molar-refractivity contribution in [1.29, 1.82) is 0 Å². The second-order valence-corrected chi connectivity index (χ2v) is 3.69. The topological polar surface area (TPSA) is 61.7 Å². The molecule has 2 N–H and O–H groups in total. The standard InChI is InChI=1S/C14H12N2O2/c17-14(12-4-2-1-3-5-12)16-13-8-6-11(7-9-13)10-15-18/h1-10,18H,(H,16,17). The molecule has 18 heavy (non-hydrogen) atoms. The summed E-state index contributed by atoms with van der Waals surface area (Å²) in [6.45, 7) is 0. The lowest BCUT2D eigenvalue weighted by molar-refractivity contribution is 0.102. The average Bonchev–Trinajstić information content (AvgIpc) is 2.42. The molecular formula is C14H12N2O2. The summed E-state index contributed by atoms with van der Waals surface area (Å²) in [6.07, 6.45) is 1.32. The molecule has 0 bridgehead atoms. The van der Waals surface area contributed by atoms with E-state index in [0.29, 0.717) is 11.3 Å². The Hall–Kier alpha value is -2.62. The fraction of sp³-hybridized carbons (Fsp3) is 0. The first kappa shape index (κ1) is 11.9. The highest BCUT2D eigenvalue weighted by atomic mass is 16.4. The van der Waals surface area contributed by atoms with Crippen LogP contribution in [0.15, 0.2) is 59.8 Å². The van der Waals surface area contributed by atoms with Crippen molar-refractivity contribution in [2.75, 3.05) is 5.32 Å². The predicted octanol–water partition coefficient (Wildman–Crippen LogP) is 2.75. The summed E-state index contributed by atoms with van der Waals surface area (Å²) in [6, 6.07) is 16.0. The van der Waals surface area contributed by atoms with Crippen molar-refractivity contribution in [3.8, 4) is 0 Å². The van der Waals surface area contributed by atoms with Gasteiger partial charge in [-0.2, -0.15) is 0 Å². The largest absolute Gasteiger partial charge is 0.411 e. The number of carbonyl (C=O) groups is 1. The van der Waals surface area contributed by atoms with Crippen LogP contribution in [0.2, 0.25) is 0 Å². The second-order valence-electron chi connectivity index (χ2n) is 3.69. The molecule has 0 spiro atoms. The molecule has 1 amide bonds. The average molecular weight is 240 g/mol. The number of anilines is 1. The SMILES string of the molecule is O=C(Nc1ccc(C=NO)cc1)c1ccccc1. The number of amides is 1. The minimum Gasteiger partial charge on any atom is -0.411 e. The fourth-order valence-electron chi connectivity index (χ4n) is 1.51. The number of oxime groups is 1. The van der Waals surface area contributed by atoms with E-state index in [1.165, 1.54) is 6.21 Å². The quantitative estimate of drug-likeness (QED) is 0.492. The van der Waals surface area contributed by atoms with Crippen molar-refractivity contribution in [1.82, 2.24) is 0 Å². The van der Waals surface area contributed by atoms with Gasteiger partial charge in [0, 0.05) is 11.3 Å². The zero-order valence-corrected chi connectivity index (χ0v) is 9.58. The van der Waals surface area contributed by atoms with Crippen molar-refractivity contribution >= 4 is 17.8 Å². The van der Waals surface area contributed by atoms with Crippen LogP contribution < -0.4 is 5.32 Å². The Balaban J connectivity index is 2.08. The van der Waals surface area contributed by atoms with Crippen molar-refractivity contribution in [3.63, 3.8) is 0 Å². The molecule has 0 aliphatic rings. The van der Waals surface area contributed by atoms with Crippen molar-refractivity contribution in [2.45, 2.75) is 0 Å². The third-order valence-corrected chi connectivity index (χ3v) is 2.41. The van der Waals surface area contributed by atoms with Crippen LogP contribution in [0.3, 0.4) is 0 Å². The molecule has 0 unspecified atom stereocenters. The molecule has 2 aromatic rings. The summed E-state index contributed by atoms with van der Waals surface area (Å²) < 4.78 is 0. The van der Waals surface area contributed by atoms with Gasteiger partial charge in [-0.05, 0) is 29.8 Å². The van der Waals surface area contributed by atoms with Crippen LogP contribution >= 0.6 is 0 Å². The summed E-state index contributed by atoms with van der Waals surface area (Å²) in [5.74, 6) is -0.154. The van der Waals surface area contributed by atoms with Gasteiger partial charge in [0.25, 0.3) is 5.91 Å². The van der Waals surface area contributed by atoms with E-state index in [0.717, 1.165) is 5.56 Å². The van der Waals surface area contributed by atoms with Crippen LogP contribution in [0.1, 0.15) is 15.9 Å². The first-order valence-electron chi connectivity index (χ1n) is 5.43. The van der Waals surface area contributed by atoms with E-state index in [1.54, 1.807) is 36.4 Å². The number of nitrogens with zero attached hydrogens (tertiary/aromatic N) is 1. The predicted molar refractivity (Wildman–Crippen MR) is 70.2 cm³/mol. The lowest BCUT2D eigenvalue weighted by atomic mass is 10.2. The molecule has 0 aliphatic heterocycles. The zero-order valence-electron chi connectivity index (χ0n) is 9.58. The highest BCUT2D eigenvalue weighted by molar-refractivity contribution is 6.04. The molecule has 2 rings (SSSR count). The number of benzene rings is 2. The van der Waals surface area contributed by atoms with Gasteiger partial charge in [-0.15, -0.1) is 0 Å². The molecule has 0 aromatic heterocycles. The third-order valence-electron chi connectivity index (χ3n) is 2.41. The van der Waals surface area contributed by atoms with E-state index in [4.69, 9.17) is 5.21 Å². The first-order chi connectivity index (χ1) is 8.79. The van der Waals surface area contributed by atoms with E-state index in [2.05, 4.69) is 10.5 Å². The Kier molecular flexibility index (Phi) is 3.71. The van der Waals surface area contributed by atoms with Gasteiger partial charge in [-0.25, -0.2) is 0 Å². The van der Waals surface area contributed by atoms with Crippen LogP contribution in [0.4, 0.5) is 5.69 Å². The lowest BCUT2D eigenvalue weighted by Crippen LogP contribution is -2.11. The number of nitrogens with one attached hydrogen (secondary N) is 1. The molecule has 0 saturated heterocycles. The van der Waals surface area contributed by atoms with Gasteiger partial charge in [0.15, 0.2) is 0 Å². The first-order valence-corrected chi connectivity index (χ1v) is 5.43. The molecule has 4 nitrogen and oxygen atoms in total. The maximum Gasteiger partial charge on any atom is 0.255 e. The van der Waals surface area contributed by atoms with Gasteiger partial charge in [-0.3, -0.25) is 4.79 Å². The maximum atomic E-state index is 11.8. The molecule has 0 atom stereocenters. The lowest BCUT2D eigenvalue weighted by Gasteiger charge is -2.05. The van der Waals surface area contributed by atoms with Gasteiger partial charge in [0.1, 0.15) is 0 Å². The van der Waals surface area contributed by atoms with Crippen LogP contribution in [0.25, 0.3) is 0 Å². The molecule has 2 aromatic carbocycles. The summed E-state index contributed by atoms with van der Waals surface area (Å²) in [5.41, 5.74) is 2.06. The van der Waals surface area contributed by atoms with Gasteiger partial charge in [0.05, 0.1) is 6.21 Å². The van der Waals surface area contributed by atoms with E-state index >= 15 is 0 Å². The molecule has 0 fully saturated rings. The molecule has 0 heterocycles. The number of carbonyl (C=O) groups excluding carboxylic acids is 1. The molecule has 4 heteroatoms. The molecular weight excluding hydrogens is 228 g/mol. The minimum absolute atomic E-state index is 0.154. The van der Waals surface area contributed by atoms with Crippen LogP contribution in [0.5, 0.6) is 0 Å². The zero-order chi connectivity index (χ0) is 12.8. The monoisotopic (exact) mass is 240 g/mol.